The quantitative estimate of drug-likeness (QED) is 0.586. The van der Waals surface area contributed by atoms with E-state index < -0.39 is 5.97 Å². The molecule has 0 aromatic heterocycles. The first-order valence-corrected chi connectivity index (χ1v) is 10.8. The third-order valence-electron chi connectivity index (χ3n) is 4.75. The molecule has 1 N–H and O–H groups in total. The molecule has 1 saturated heterocycles. The van der Waals surface area contributed by atoms with Gasteiger partial charge in [0.15, 0.2) is 6.61 Å². The lowest BCUT2D eigenvalue weighted by Crippen LogP contribution is -2.35. The van der Waals surface area contributed by atoms with Gasteiger partial charge in [0.05, 0.1) is 5.75 Å². The van der Waals surface area contributed by atoms with Crippen molar-refractivity contribution in [1.82, 2.24) is 4.90 Å². The summed E-state index contributed by atoms with van der Waals surface area (Å²) in [5.41, 5.74) is 0.676. The highest BCUT2D eigenvalue weighted by molar-refractivity contribution is 8.23. The van der Waals surface area contributed by atoms with Crippen molar-refractivity contribution >= 4 is 56.6 Å². The summed E-state index contributed by atoms with van der Waals surface area (Å²) in [4.78, 5) is 26.1. The second-order valence-corrected chi connectivity index (χ2v) is 8.60. The fraction of sp³-hybridized carbons (Fsp3) is 0.381. The van der Waals surface area contributed by atoms with E-state index in [4.69, 9.17) is 17.0 Å². The number of anilines is 1. The summed E-state index contributed by atoms with van der Waals surface area (Å²) in [7, 11) is 0. The van der Waals surface area contributed by atoms with Crippen LogP contribution in [0.15, 0.2) is 42.5 Å². The van der Waals surface area contributed by atoms with Crippen LogP contribution in [0.1, 0.15) is 19.8 Å². The topological polar surface area (TPSA) is 58.6 Å². The van der Waals surface area contributed by atoms with Crippen LogP contribution in [0.5, 0.6) is 0 Å². The molecule has 1 amide bonds. The van der Waals surface area contributed by atoms with Crippen molar-refractivity contribution in [2.45, 2.75) is 19.8 Å². The van der Waals surface area contributed by atoms with Crippen LogP contribution < -0.4 is 5.32 Å². The van der Waals surface area contributed by atoms with E-state index in [0.717, 1.165) is 46.9 Å². The molecule has 28 heavy (non-hydrogen) atoms. The van der Waals surface area contributed by atoms with E-state index in [2.05, 4.69) is 17.1 Å². The number of carbonyl (C=O) groups excluding carboxylic acids is 2. The van der Waals surface area contributed by atoms with Crippen LogP contribution in [0.4, 0.5) is 5.69 Å². The van der Waals surface area contributed by atoms with Crippen LogP contribution in [-0.2, 0) is 14.3 Å². The summed E-state index contributed by atoms with van der Waals surface area (Å²) in [5, 5.41) is 4.89. The maximum Gasteiger partial charge on any atom is 0.316 e. The smallest absolute Gasteiger partial charge is 0.316 e. The first kappa shape index (κ1) is 20.6. The normalized spacial score (nSPS) is 14.7. The standard InChI is InChI=1S/C21H24N2O3S2/c1-15-8-10-23(11-9-15)21(27)28-14-20(25)26-13-19(24)22-18-7-6-16-4-2-3-5-17(16)12-18/h2-7,12,15H,8-11,13-14H2,1H3,(H,22,24). The first-order chi connectivity index (χ1) is 13.5. The molecule has 0 bridgehead atoms. The minimum atomic E-state index is -0.439. The maximum atomic E-state index is 12.0. The molecule has 0 unspecified atom stereocenters. The number of fused-ring (bicyclic) bond motifs is 1. The zero-order chi connectivity index (χ0) is 19.9. The number of nitrogens with zero attached hydrogens (tertiary/aromatic N) is 1. The summed E-state index contributed by atoms with van der Waals surface area (Å²) >= 11 is 6.69. The van der Waals surface area contributed by atoms with Gasteiger partial charge in [0.25, 0.3) is 5.91 Å². The fourth-order valence-electron chi connectivity index (χ4n) is 3.05. The van der Waals surface area contributed by atoms with Crippen molar-refractivity contribution in [1.29, 1.82) is 0 Å². The molecule has 0 spiro atoms. The van der Waals surface area contributed by atoms with Crippen molar-refractivity contribution < 1.29 is 14.3 Å². The number of piperidine rings is 1. The Labute approximate surface area is 174 Å². The fourth-order valence-corrected chi connectivity index (χ4v) is 4.10. The van der Waals surface area contributed by atoms with Gasteiger partial charge in [-0.2, -0.15) is 0 Å². The molecule has 1 fully saturated rings. The van der Waals surface area contributed by atoms with Gasteiger partial charge in [0, 0.05) is 18.8 Å². The Balaban J connectivity index is 1.38. The molecule has 1 heterocycles. The molecule has 148 valence electrons. The van der Waals surface area contributed by atoms with Gasteiger partial charge in [0.1, 0.15) is 4.32 Å². The second-order valence-electron chi connectivity index (χ2n) is 6.99. The number of rotatable bonds is 5. The Morgan fingerprint density at radius 3 is 2.64 bits per heavy atom. The van der Waals surface area contributed by atoms with Gasteiger partial charge in [-0.05, 0) is 41.7 Å². The summed E-state index contributed by atoms with van der Waals surface area (Å²) in [6.07, 6.45) is 2.25. The van der Waals surface area contributed by atoms with E-state index in [1.807, 2.05) is 42.5 Å². The number of nitrogens with one attached hydrogen (secondary N) is 1. The molecule has 0 atom stereocenters. The van der Waals surface area contributed by atoms with Gasteiger partial charge in [-0.25, -0.2) is 0 Å². The molecule has 7 heteroatoms. The molecule has 5 nitrogen and oxygen atoms in total. The van der Waals surface area contributed by atoms with Crippen molar-refractivity contribution in [3.63, 3.8) is 0 Å². The van der Waals surface area contributed by atoms with Crippen molar-refractivity contribution in [3.05, 3.63) is 42.5 Å². The van der Waals surface area contributed by atoms with Crippen molar-refractivity contribution in [2.24, 2.45) is 5.92 Å². The number of amides is 1. The lowest BCUT2D eigenvalue weighted by molar-refractivity contribution is -0.144. The molecular formula is C21H24N2O3S2. The van der Waals surface area contributed by atoms with Crippen LogP contribution in [-0.4, -0.2) is 46.5 Å². The minimum Gasteiger partial charge on any atom is -0.455 e. The number of hydrogen-bond donors (Lipinski definition) is 1. The number of likely N-dealkylation sites (tertiary alicyclic amines) is 1. The number of esters is 1. The Kier molecular flexibility index (Phi) is 7.28. The van der Waals surface area contributed by atoms with Crippen LogP contribution in [0.2, 0.25) is 0 Å². The molecule has 0 saturated carbocycles. The van der Waals surface area contributed by atoms with Crippen LogP contribution in [0, 0.1) is 5.92 Å². The maximum absolute atomic E-state index is 12.0. The second kappa shape index (κ2) is 9.89. The average molecular weight is 417 g/mol. The van der Waals surface area contributed by atoms with Gasteiger partial charge in [-0.3, -0.25) is 9.59 Å². The van der Waals surface area contributed by atoms with Gasteiger partial charge >= 0.3 is 5.97 Å². The van der Waals surface area contributed by atoms with E-state index in [-0.39, 0.29) is 18.3 Å². The van der Waals surface area contributed by atoms with Crippen molar-refractivity contribution in [3.8, 4) is 0 Å². The molecule has 1 aliphatic heterocycles. The zero-order valence-electron chi connectivity index (χ0n) is 15.8. The van der Waals surface area contributed by atoms with E-state index in [1.165, 1.54) is 11.8 Å². The van der Waals surface area contributed by atoms with Gasteiger partial charge < -0.3 is 15.0 Å². The summed E-state index contributed by atoms with van der Waals surface area (Å²) < 4.78 is 5.79. The minimum absolute atomic E-state index is 0.119. The largest absolute Gasteiger partial charge is 0.455 e. The lowest BCUT2D eigenvalue weighted by Gasteiger charge is -2.31. The van der Waals surface area contributed by atoms with Gasteiger partial charge in [-0.1, -0.05) is 61.2 Å². The van der Waals surface area contributed by atoms with E-state index in [9.17, 15) is 9.59 Å². The third-order valence-corrected chi connectivity index (χ3v) is 6.25. The van der Waals surface area contributed by atoms with E-state index in [1.54, 1.807) is 0 Å². The summed E-state index contributed by atoms with van der Waals surface area (Å²) in [5.74, 6) is 0.0523. The molecule has 3 rings (SSSR count). The van der Waals surface area contributed by atoms with Crippen LogP contribution in [0.3, 0.4) is 0 Å². The Morgan fingerprint density at radius 1 is 1.18 bits per heavy atom. The summed E-state index contributed by atoms with van der Waals surface area (Å²) in [6, 6.07) is 13.6. The van der Waals surface area contributed by atoms with Crippen molar-refractivity contribution in [2.75, 3.05) is 30.8 Å². The highest BCUT2D eigenvalue weighted by Crippen LogP contribution is 2.21. The highest BCUT2D eigenvalue weighted by atomic mass is 32.2. The number of ether oxygens (including phenoxy) is 1. The lowest BCUT2D eigenvalue weighted by atomic mass is 10.00. The highest BCUT2D eigenvalue weighted by Gasteiger charge is 2.19. The Hall–Kier alpha value is -2.12. The molecule has 2 aromatic carbocycles. The third kappa shape index (κ3) is 5.94. The summed E-state index contributed by atoms with van der Waals surface area (Å²) in [6.45, 7) is 3.82. The molecule has 0 aliphatic carbocycles. The molecular weight excluding hydrogens is 392 g/mol. The van der Waals surface area contributed by atoms with Crippen LogP contribution >= 0.6 is 24.0 Å². The average Bonchev–Trinajstić information content (AvgIpc) is 2.71. The number of hydrogen-bond acceptors (Lipinski definition) is 5. The monoisotopic (exact) mass is 416 g/mol. The predicted molar refractivity (Wildman–Crippen MR) is 119 cm³/mol. The number of thiocarbonyl (C=S) groups is 1. The SMILES string of the molecule is CC1CCN(C(=S)SCC(=O)OCC(=O)Nc2ccc3ccccc3c2)CC1. The predicted octanol–water partition coefficient (Wildman–Crippen LogP) is 4.07. The Morgan fingerprint density at radius 2 is 1.89 bits per heavy atom. The first-order valence-electron chi connectivity index (χ1n) is 9.37. The van der Waals surface area contributed by atoms with Crippen LogP contribution in [0.25, 0.3) is 10.8 Å². The number of thioether (sulfide) groups is 1. The molecule has 0 radical (unpaired) electrons. The molecule has 1 aliphatic rings. The number of carbonyl (C=O) groups is 2. The zero-order valence-corrected chi connectivity index (χ0v) is 17.5. The van der Waals surface area contributed by atoms with Gasteiger partial charge in [0.2, 0.25) is 0 Å². The Bertz CT molecular complexity index is 864. The van der Waals surface area contributed by atoms with E-state index in [0.29, 0.717) is 5.69 Å². The number of benzene rings is 2. The van der Waals surface area contributed by atoms with Gasteiger partial charge in [-0.15, -0.1) is 0 Å². The molecule has 2 aromatic rings. The van der Waals surface area contributed by atoms with E-state index >= 15 is 0 Å².